The lowest BCUT2D eigenvalue weighted by molar-refractivity contribution is -0.122. The highest BCUT2D eigenvalue weighted by Gasteiger charge is 2.20. The highest BCUT2D eigenvalue weighted by molar-refractivity contribution is 6.31. The standard InChI is InChI=1S/C18H20ClN3O2/c1-12(13-7-3-2-4-8-13)21-17(23)11-16(22-18(20)24)14-9-5-6-10-15(14)19/h2-10,12,16H,11H2,1H3,(H,21,23)(H3,20,22,24). The summed E-state index contributed by atoms with van der Waals surface area (Å²) in [6, 6.07) is 15.2. The number of carbonyl (C=O) groups is 2. The van der Waals surface area contributed by atoms with E-state index in [-0.39, 0.29) is 18.4 Å². The summed E-state index contributed by atoms with van der Waals surface area (Å²) in [6.45, 7) is 1.90. The number of halogens is 1. The van der Waals surface area contributed by atoms with Gasteiger partial charge in [0.1, 0.15) is 0 Å². The fourth-order valence-corrected chi connectivity index (χ4v) is 2.75. The van der Waals surface area contributed by atoms with Gasteiger partial charge in [-0.2, -0.15) is 0 Å². The molecular formula is C18H20ClN3O2. The van der Waals surface area contributed by atoms with Crippen LogP contribution < -0.4 is 16.4 Å². The average molecular weight is 346 g/mol. The summed E-state index contributed by atoms with van der Waals surface area (Å²) in [5.41, 5.74) is 6.88. The lowest BCUT2D eigenvalue weighted by Gasteiger charge is -2.21. The molecule has 3 amide bonds. The van der Waals surface area contributed by atoms with Crippen molar-refractivity contribution in [3.05, 3.63) is 70.7 Å². The molecular weight excluding hydrogens is 326 g/mol. The van der Waals surface area contributed by atoms with Crippen LogP contribution >= 0.6 is 11.6 Å². The Morgan fingerprint density at radius 1 is 1.04 bits per heavy atom. The summed E-state index contributed by atoms with van der Waals surface area (Å²) in [5.74, 6) is -0.204. The number of benzene rings is 2. The minimum Gasteiger partial charge on any atom is -0.352 e. The first-order valence-electron chi connectivity index (χ1n) is 7.62. The summed E-state index contributed by atoms with van der Waals surface area (Å²) < 4.78 is 0. The predicted octanol–water partition coefficient (Wildman–Crippen LogP) is 3.32. The molecule has 2 aromatic carbocycles. The SMILES string of the molecule is CC(NC(=O)CC(NC(N)=O)c1ccccc1Cl)c1ccccc1. The molecule has 0 radical (unpaired) electrons. The normalized spacial score (nSPS) is 12.9. The van der Waals surface area contributed by atoms with Gasteiger partial charge in [-0.15, -0.1) is 0 Å². The van der Waals surface area contributed by atoms with E-state index in [1.807, 2.05) is 37.3 Å². The molecule has 24 heavy (non-hydrogen) atoms. The Morgan fingerprint density at radius 2 is 1.67 bits per heavy atom. The van der Waals surface area contributed by atoms with Crippen LogP contribution in [0, 0.1) is 0 Å². The third kappa shape index (κ3) is 4.99. The van der Waals surface area contributed by atoms with Crippen LogP contribution in [0.5, 0.6) is 0 Å². The average Bonchev–Trinajstić information content (AvgIpc) is 2.55. The Balaban J connectivity index is 2.07. The van der Waals surface area contributed by atoms with E-state index in [0.29, 0.717) is 10.6 Å². The molecule has 2 aromatic rings. The zero-order valence-corrected chi connectivity index (χ0v) is 14.1. The van der Waals surface area contributed by atoms with Crippen molar-refractivity contribution in [3.8, 4) is 0 Å². The molecule has 0 heterocycles. The molecule has 0 fully saturated rings. The number of nitrogens with one attached hydrogen (secondary N) is 2. The molecule has 0 aliphatic rings. The van der Waals surface area contributed by atoms with Crippen molar-refractivity contribution < 1.29 is 9.59 Å². The van der Waals surface area contributed by atoms with Crippen LogP contribution in [0.4, 0.5) is 4.79 Å². The van der Waals surface area contributed by atoms with Crippen LogP contribution in [0.15, 0.2) is 54.6 Å². The van der Waals surface area contributed by atoms with Crippen molar-refractivity contribution in [2.24, 2.45) is 5.73 Å². The Labute approximate surface area is 146 Å². The van der Waals surface area contributed by atoms with Crippen LogP contribution in [0.1, 0.15) is 36.6 Å². The van der Waals surface area contributed by atoms with Crippen molar-refractivity contribution in [1.82, 2.24) is 10.6 Å². The summed E-state index contributed by atoms with van der Waals surface area (Å²) in [6.07, 6.45) is 0.0455. The summed E-state index contributed by atoms with van der Waals surface area (Å²) >= 11 is 6.16. The van der Waals surface area contributed by atoms with Crippen molar-refractivity contribution in [2.45, 2.75) is 25.4 Å². The lowest BCUT2D eigenvalue weighted by atomic mass is 10.0. The van der Waals surface area contributed by atoms with Gasteiger partial charge in [0, 0.05) is 5.02 Å². The predicted molar refractivity (Wildman–Crippen MR) is 94.5 cm³/mol. The Bertz CT molecular complexity index is 706. The van der Waals surface area contributed by atoms with E-state index < -0.39 is 12.1 Å². The number of carbonyl (C=O) groups excluding carboxylic acids is 2. The molecule has 0 aliphatic carbocycles. The molecule has 4 N–H and O–H groups in total. The second-order valence-electron chi connectivity index (χ2n) is 5.49. The maximum absolute atomic E-state index is 12.4. The number of amides is 3. The van der Waals surface area contributed by atoms with Crippen LogP contribution in [0.3, 0.4) is 0 Å². The first-order chi connectivity index (χ1) is 11.5. The van der Waals surface area contributed by atoms with Crippen LogP contribution in [0.25, 0.3) is 0 Å². The third-order valence-corrected chi connectivity index (χ3v) is 4.01. The third-order valence-electron chi connectivity index (χ3n) is 3.66. The number of primary amides is 1. The van der Waals surface area contributed by atoms with Crippen molar-refractivity contribution >= 4 is 23.5 Å². The van der Waals surface area contributed by atoms with Gasteiger partial charge in [-0.1, -0.05) is 60.1 Å². The van der Waals surface area contributed by atoms with Crippen molar-refractivity contribution in [2.75, 3.05) is 0 Å². The molecule has 126 valence electrons. The minimum absolute atomic E-state index is 0.0455. The highest BCUT2D eigenvalue weighted by atomic mass is 35.5. The van der Waals surface area contributed by atoms with Crippen molar-refractivity contribution in [3.63, 3.8) is 0 Å². The molecule has 0 spiro atoms. The van der Waals surface area contributed by atoms with Crippen LogP contribution in [-0.4, -0.2) is 11.9 Å². The molecule has 2 rings (SSSR count). The van der Waals surface area contributed by atoms with E-state index in [0.717, 1.165) is 5.56 Å². The highest BCUT2D eigenvalue weighted by Crippen LogP contribution is 2.25. The molecule has 5 nitrogen and oxygen atoms in total. The second kappa shape index (κ2) is 8.36. The van der Waals surface area contributed by atoms with Gasteiger partial charge in [0.25, 0.3) is 0 Å². The van der Waals surface area contributed by atoms with Gasteiger partial charge < -0.3 is 16.4 Å². The van der Waals surface area contributed by atoms with Crippen LogP contribution in [-0.2, 0) is 4.79 Å². The largest absolute Gasteiger partial charge is 0.352 e. The first kappa shape index (κ1) is 17.8. The summed E-state index contributed by atoms with van der Waals surface area (Å²) in [7, 11) is 0. The summed E-state index contributed by atoms with van der Waals surface area (Å²) in [4.78, 5) is 23.6. The number of hydrogen-bond donors (Lipinski definition) is 3. The molecule has 6 heteroatoms. The monoisotopic (exact) mass is 345 g/mol. The second-order valence-corrected chi connectivity index (χ2v) is 5.89. The molecule has 0 saturated carbocycles. The Morgan fingerprint density at radius 3 is 2.29 bits per heavy atom. The van der Waals surface area contributed by atoms with Gasteiger partial charge in [-0.25, -0.2) is 4.79 Å². The maximum Gasteiger partial charge on any atom is 0.312 e. The van der Waals surface area contributed by atoms with Gasteiger partial charge in [-0.05, 0) is 24.1 Å². The quantitative estimate of drug-likeness (QED) is 0.750. The van der Waals surface area contributed by atoms with Gasteiger partial charge in [-0.3, -0.25) is 4.79 Å². The maximum atomic E-state index is 12.4. The fourth-order valence-electron chi connectivity index (χ4n) is 2.48. The fraction of sp³-hybridized carbons (Fsp3) is 0.222. The molecule has 2 unspecified atom stereocenters. The molecule has 0 bridgehead atoms. The number of urea groups is 1. The van der Waals surface area contributed by atoms with E-state index in [2.05, 4.69) is 10.6 Å². The van der Waals surface area contributed by atoms with Gasteiger partial charge in [0.05, 0.1) is 18.5 Å². The number of nitrogens with two attached hydrogens (primary N) is 1. The van der Waals surface area contributed by atoms with E-state index in [9.17, 15) is 9.59 Å². The number of hydrogen-bond acceptors (Lipinski definition) is 2. The van der Waals surface area contributed by atoms with Gasteiger partial charge in [0.2, 0.25) is 5.91 Å². The number of rotatable bonds is 6. The Hall–Kier alpha value is -2.53. The molecule has 0 aliphatic heterocycles. The lowest BCUT2D eigenvalue weighted by Crippen LogP contribution is -2.37. The van der Waals surface area contributed by atoms with Gasteiger partial charge in [0.15, 0.2) is 0 Å². The van der Waals surface area contributed by atoms with Crippen molar-refractivity contribution in [1.29, 1.82) is 0 Å². The van der Waals surface area contributed by atoms with E-state index in [4.69, 9.17) is 17.3 Å². The molecule has 0 saturated heterocycles. The zero-order valence-electron chi connectivity index (χ0n) is 13.3. The molecule has 0 aromatic heterocycles. The van der Waals surface area contributed by atoms with Gasteiger partial charge >= 0.3 is 6.03 Å². The topological polar surface area (TPSA) is 84.2 Å². The first-order valence-corrected chi connectivity index (χ1v) is 8.00. The van der Waals surface area contributed by atoms with E-state index in [1.165, 1.54) is 0 Å². The Kier molecular flexibility index (Phi) is 6.21. The zero-order chi connectivity index (χ0) is 17.5. The van der Waals surface area contributed by atoms with E-state index >= 15 is 0 Å². The van der Waals surface area contributed by atoms with E-state index in [1.54, 1.807) is 24.3 Å². The summed E-state index contributed by atoms with van der Waals surface area (Å²) in [5, 5.41) is 5.96. The smallest absolute Gasteiger partial charge is 0.312 e. The minimum atomic E-state index is -0.705. The van der Waals surface area contributed by atoms with Crippen LogP contribution in [0.2, 0.25) is 5.02 Å². The molecule has 2 atom stereocenters.